The van der Waals surface area contributed by atoms with Crippen LogP contribution < -0.4 is 5.32 Å². The van der Waals surface area contributed by atoms with E-state index in [0.717, 1.165) is 16.2 Å². The van der Waals surface area contributed by atoms with Crippen LogP contribution in [0.1, 0.15) is 12.7 Å². The number of aromatic nitrogens is 3. The Morgan fingerprint density at radius 2 is 2.18 bits per heavy atom. The smallest absolute Gasteiger partial charge is 0.238 e. The number of thioether (sulfide) groups is 1. The van der Waals surface area contributed by atoms with E-state index in [1.54, 1.807) is 13.0 Å². The van der Waals surface area contributed by atoms with Crippen LogP contribution in [0.2, 0.25) is 0 Å². The molecule has 1 atom stereocenters. The minimum absolute atomic E-state index is 0.134. The van der Waals surface area contributed by atoms with Gasteiger partial charge in [0.2, 0.25) is 5.91 Å². The molecule has 7 heteroatoms. The molecule has 0 fully saturated rings. The van der Waals surface area contributed by atoms with Crippen LogP contribution in [0.3, 0.4) is 0 Å². The fraction of sp³-hybridized carbons (Fsp3) is 0.267. The summed E-state index contributed by atoms with van der Waals surface area (Å²) in [5, 5.41) is 7.00. The number of para-hydroxylation sites is 2. The number of nitrogens with zero attached hydrogens (tertiary/aromatic N) is 3. The Kier molecular flexibility index (Phi) is 3.89. The van der Waals surface area contributed by atoms with Crippen LogP contribution in [0.25, 0.3) is 11.0 Å². The Morgan fingerprint density at radius 3 is 2.86 bits per heavy atom. The van der Waals surface area contributed by atoms with Crippen molar-refractivity contribution in [2.24, 2.45) is 7.05 Å². The summed E-state index contributed by atoms with van der Waals surface area (Å²) in [4.78, 5) is 16.8. The van der Waals surface area contributed by atoms with E-state index in [4.69, 9.17) is 4.52 Å². The zero-order valence-electron chi connectivity index (χ0n) is 12.5. The van der Waals surface area contributed by atoms with E-state index >= 15 is 0 Å². The Labute approximate surface area is 131 Å². The minimum atomic E-state index is -0.299. The van der Waals surface area contributed by atoms with Gasteiger partial charge in [-0.15, -0.1) is 0 Å². The molecule has 0 saturated carbocycles. The van der Waals surface area contributed by atoms with Crippen LogP contribution in [0.4, 0.5) is 5.82 Å². The van der Waals surface area contributed by atoms with Gasteiger partial charge in [-0.3, -0.25) is 4.79 Å². The summed E-state index contributed by atoms with van der Waals surface area (Å²) in [5.74, 6) is 0.955. The minimum Gasteiger partial charge on any atom is -0.360 e. The van der Waals surface area contributed by atoms with Crippen LogP contribution >= 0.6 is 11.8 Å². The molecule has 6 nitrogen and oxygen atoms in total. The number of rotatable bonds is 4. The molecule has 22 heavy (non-hydrogen) atoms. The third-order valence-electron chi connectivity index (χ3n) is 3.28. The second-order valence-electron chi connectivity index (χ2n) is 5.01. The average molecular weight is 316 g/mol. The molecule has 114 valence electrons. The molecule has 2 heterocycles. The third-order valence-corrected chi connectivity index (χ3v) is 4.42. The van der Waals surface area contributed by atoms with Gasteiger partial charge in [-0.1, -0.05) is 29.1 Å². The molecule has 1 aromatic carbocycles. The monoisotopic (exact) mass is 316 g/mol. The first-order chi connectivity index (χ1) is 10.5. The fourth-order valence-electron chi connectivity index (χ4n) is 2.09. The molecule has 3 rings (SSSR count). The highest BCUT2D eigenvalue weighted by Gasteiger charge is 2.19. The number of carbonyl (C=O) groups excluding carboxylic acids is 1. The Morgan fingerprint density at radius 1 is 1.41 bits per heavy atom. The Balaban J connectivity index is 1.73. The molecule has 2 aromatic heterocycles. The lowest BCUT2D eigenvalue weighted by molar-refractivity contribution is -0.115. The molecule has 0 aliphatic heterocycles. The number of hydrogen-bond donors (Lipinski definition) is 1. The summed E-state index contributed by atoms with van der Waals surface area (Å²) in [6, 6.07) is 9.58. The molecule has 0 aliphatic rings. The van der Waals surface area contributed by atoms with Gasteiger partial charge in [-0.25, -0.2) is 4.98 Å². The maximum Gasteiger partial charge on any atom is 0.238 e. The molecule has 1 unspecified atom stereocenters. The number of benzene rings is 1. The van der Waals surface area contributed by atoms with E-state index in [2.05, 4.69) is 15.5 Å². The van der Waals surface area contributed by atoms with Gasteiger partial charge in [0.1, 0.15) is 5.76 Å². The number of carbonyl (C=O) groups is 1. The molecular weight excluding hydrogens is 300 g/mol. The summed E-state index contributed by atoms with van der Waals surface area (Å²) in [7, 11) is 1.95. The van der Waals surface area contributed by atoms with Crippen molar-refractivity contribution in [3.63, 3.8) is 0 Å². The largest absolute Gasteiger partial charge is 0.360 e. The second kappa shape index (κ2) is 5.84. The summed E-state index contributed by atoms with van der Waals surface area (Å²) in [5.41, 5.74) is 1.97. The quantitative estimate of drug-likeness (QED) is 0.749. The van der Waals surface area contributed by atoms with Crippen LogP contribution in [0.5, 0.6) is 0 Å². The normalized spacial score (nSPS) is 12.5. The average Bonchev–Trinajstić information content (AvgIpc) is 3.04. The first-order valence-corrected chi connectivity index (χ1v) is 7.75. The van der Waals surface area contributed by atoms with Crippen molar-refractivity contribution in [2.45, 2.75) is 24.3 Å². The maximum atomic E-state index is 12.2. The standard InChI is InChI=1S/C15H16N4O2S/c1-9-8-13(18-21-9)17-14(20)10(2)22-15-16-11-6-4-5-7-12(11)19(15)3/h4-8,10H,1-3H3,(H,17,18,20). The number of fused-ring (bicyclic) bond motifs is 1. The molecular formula is C15H16N4O2S. The van der Waals surface area contributed by atoms with Gasteiger partial charge in [-0.2, -0.15) is 0 Å². The zero-order chi connectivity index (χ0) is 15.7. The molecule has 1 amide bonds. The van der Waals surface area contributed by atoms with E-state index in [1.807, 2.05) is 42.8 Å². The van der Waals surface area contributed by atoms with Crippen molar-refractivity contribution in [2.75, 3.05) is 5.32 Å². The number of hydrogen-bond acceptors (Lipinski definition) is 5. The number of anilines is 1. The summed E-state index contributed by atoms with van der Waals surface area (Å²) >= 11 is 1.41. The van der Waals surface area contributed by atoms with Gasteiger partial charge < -0.3 is 14.4 Å². The Hall–Kier alpha value is -2.28. The lowest BCUT2D eigenvalue weighted by Gasteiger charge is -2.09. The maximum absolute atomic E-state index is 12.2. The van der Waals surface area contributed by atoms with Gasteiger partial charge >= 0.3 is 0 Å². The molecule has 0 bridgehead atoms. The SMILES string of the molecule is Cc1cc(NC(=O)C(C)Sc2nc3ccccc3n2C)no1. The Bertz CT molecular complexity index is 824. The van der Waals surface area contributed by atoms with Gasteiger partial charge in [0.05, 0.1) is 16.3 Å². The van der Waals surface area contributed by atoms with E-state index < -0.39 is 0 Å². The van der Waals surface area contributed by atoms with E-state index in [-0.39, 0.29) is 11.2 Å². The van der Waals surface area contributed by atoms with Crippen LogP contribution in [-0.2, 0) is 11.8 Å². The lowest BCUT2D eigenvalue weighted by atomic mass is 10.3. The highest BCUT2D eigenvalue weighted by atomic mass is 32.2. The van der Waals surface area contributed by atoms with Crippen molar-refractivity contribution in [1.82, 2.24) is 14.7 Å². The number of nitrogens with one attached hydrogen (secondary N) is 1. The lowest BCUT2D eigenvalue weighted by Crippen LogP contribution is -2.22. The first-order valence-electron chi connectivity index (χ1n) is 6.87. The van der Waals surface area contributed by atoms with Crippen molar-refractivity contribution < 1.29 is 9.32 Å². The predicted molar refractivity (Wildman–Crippen MR) is 85.9 cm³/mol. The van der Waals surface area contributed by atoms with Crippen molar-refractivity contribution in [3.8, 4) is 0 Å². The van der Waals surface area contributed by atoms with Crippen molar-refractivity contribution >= 4 is 34.5 Å². The summed E-state index contributed by atoms with van der Waals surface area (Å²) < 4.78 is 6.92. The van der Waals surface area contributed by atoms with Gasteiger partial charge in [0.15, 0.2) is 11.0 Å². The van der Waals surface area contributed by atoms with E-state index in [1.165, 1.54) is 11.8 Å². The number of aryl methyl sites for hydroxylation is 2. The van der Waals surface area contributed by atoms with Crippen molar-refractivity contribution in [1.29, 1.82) is 0 Å². The van der Waals surface area contributed by atoms with Crippen LogP contribution in [0, 0.1) is 6.92 Å². The fourth-order valence-corrected chi connectivity index (χ4v) is 2.98. The molecule has 3 aromatic rings. The predicted octanol–water partition coefficient (Wildman–Crippen LogP) is 2.99. The highest BCUT2D eigenvalue weighted by Crippen LogP contribution is 2.26. The number of imidazole rings is 1. The molecule has 0 spiro atoms. The van der Waals surface area contributed by atoms with Gasteiger partial charge in [-0.05, 0) is 26.0 Å². The summed E-state index contributed by atoms with van der Waals surface area (Å²) in [6.45, 7) is 3.62. The molecule has 0 aliphatic carbocycles. The second-order valence-corrected chi connectivity index (χ2v) is 6.32. The highest BCUT2D eigenvalue weighted by molar-refractivity contribution is 8.00. The number of amides is 1. The summed E-state index contributed by atoms with van der Waals surface area (Å²) in [6.07, 6.45) is 0. The molecule has 1 N–H and O–H groups in total. The first kappa shape index (κ1) is 14.6. The van der Waals surface area contributed by atoms with Gasteiger partial charge in [0, 0.05) is 13.1 Å². The van der Waals surface area contributed by atoms with Crippen molar-refractivity contribution in [3.05, 3.63) is 36.1 Å². The zero-order valence-corrected chi connectivity index (χ0v) is 13.3. The van der Waals surface area contributed by atoms with Gasteiger partial charge in [0.25, 0.3) is 0 Å². The molecule has 0 radical (unpaired) electrons. The third kappa shape index (κ3) is 2.85. The molecule has 0 saturated heterocycles. The topological polar surface area (TPSA) is 73.0 Å². The van der Waals surface area contributed by atoms with Crippen LogP contribution in [-0.4, -0.2) is 25.9 Å². The van der Waals surface area contributed by atoms with E-state index in [0.29, 0.717) is 11.6 Å². The van der Waals surface area contributed by atoms with Crippen LogP contribution in [0.15, 0.2) is 40.0 Å². The van der Waals surface area contributed by atoms with E-state index in [9.17, 15) is 4.79 Å².